The molecule has 0 amide bonds. The lowest BCUT2D eigenvalue weighted by atomic mass is 9.45. The van der Waals surface area contributed by atoms with Crippen molar-refractivity contribution in [1.29, 1.82) is 0 Å². The van der Waals surface area contributed by atoms with Crippen LogP contribution in [-0.2, 0) is 14.3 Å². The number of carbonyl (C=O) groups excluding carboxylic acids is 1. The zero-order valence-corrected chi connectivity index (χ0v) is 23.5. The number of carboxylic acids is 1. The number of hydrogen-bond acceptors (Lipinski definition) is 6. The molecule has 5 rings (SSSR count). The van der Waals surface area contributed by atoms with Crippen molar-refractivity contribution in [1.82, 2.24) is 0 Å². The first kappa shape index (κ1) is 28.1. The maximum atomic E-state index is 12.5. The Balaban J connectivity index is 1.22. The summed E-state index contributed by atoms with van der Waals surface area (Å²) in [6.07, 6.45) is 14.6. The second-order valence-electron chi connectivity index (χ2n) is 13.1. The van der Waals surface area contributed by atoms with Crippen LogP contribution in [0.2, 0.25) is 0 Å². The molecule has 7 heteroatoms. The lowest BCUT2D eigenvalue weighted by Gasteiger charge is -2.61. The lowest BCUT2D eigenvalue weighted by molar-refractivity contribution is -0.178. The summed E-state index contributed by atoms with van der Waals surface area (Å²) >= 11 is 0. The second kappa shape index (κ2) is 10.9. The molecular formula is C32H44O7. The van der Waals surface area contributed by atoms with Crippen LogP contribution in [-0.4, -0.2) is 33.9 Å². The van der Waals surface area contributed by atoms with Gasteiger partial charge in [0.25, 0.3) is 0 Å². The molecule has 0 radical (unpaired) electrons. The van der Waals surface area contributed by atoms with Gasteiger partial charge < -0.3 is 19.4 Å². The maximum Gasteiger partial charge on any atom is 0.335 e. The van der Waals surface area contributed by atoms with Gasteiger partial charge in [0.15, 0.2) is 0 Å². The summed E-state index contributed by atoms with van der Waals surface area (Å²) in [4.78, 5) is 34.6. The third-order valence-electron chi connectivity index (χ3n) is 11.2. The van der Waals surface area contributed by atoms with Gasteiger partial charge in [0.1, 0.15) is 6.10 Å². The van der Waals surface area contributed by atoms with Crippen molar-refractivity contribution in [3.05, 3.63) is 46.0 Å². The zero-order chi connectivity index (χ0) is 27.8. The Bertz CT molecular complexity index is 1150. The Hall–Kier alpha value is -2.41. The molecule has 3 fully saturated rings. The smallest absolute Gasteiger partial charge is 0.335 e. The van der Waals surface area contributed by atoms with E-state index in [0.717, 1.165) is 76.2 Å². The number of carboxylic acid groups (broad SMARTS) is 1. The van der Waals surface area contributed by atoms with Crippen LogP contribution < -0.4 is 5.63 Å². The van der Waals surface area contributed by atoms with Crippen LogP contribution >= 0.6 is 0 Å². The average molecular weight is 541 g/mol. The fourth-order valence-electron chi connectivity index (χ4n) is 8.99. The van der Waals surface area contributed by atoms with E-state index in [0.29, 0.717) is 18.8 Å². The normalized spacial score (nSPS) is 37.3. The molecule has 7 nitrogen and oxygen atoms in total. The van der Waals surface area contributed by atoms with Gasteiger partial charge in [-0.1, -0.05) is 32.3 Å². The minimum atomic E-state index is -0.770. The fourth-order valence-corrected chi connectivity index (χ4v) is 8.99. The first-order chi connectivity index (χ1) is 18.6. The molecule has 0 aliphatic heterocycles. The van der Waals surface area contributed by atoms with Gasteiger partial charge in [-0.05, 0) is 105 Å². The second-order valence-corrected chi connectivity index (χ2v) is 13.1. The Morgan fingerprint density at radius 3 is 2.46 bits per heavy atom. The van der Waals surface area contributed by atoms with E-state index < -0.39 is 11.6 Å². The SMILES string of the molecule is C[C@]12CC[C@H](OC(=O)CCCCCCC(=O)O)C=C1CCC1C2CC[C@]2(C)[C@@H](c3ccc(=O)oc3)CC[C@]12O. The summed E-state index contributed by atoms with van der Waals surface area (Å²) < 4.78 is 11.1. The Morgan fingerprint density at radius 1 is 0.974 bits per heavy atom. The van der Waals surface area contributed by atoms with Gasteiger partial charge in [0.05, 0.1) is 11.9 Å². The van der Waals surface area contributed by atoms with Crippen LogP contribution in [0.25, 0.3) is 0 Å². The molecule has 2 unspecified atom stereocenters. The highest BCUT2D eigenvalue weighted by Crippen LogP contribution is 2.70. The lowest BCUT2D eigenvalue weighted by Crippen LogP contribution is -2.60. The molecule has 2 N–H and O–H groups in total. The van der Waals surface area contributed by atoms with Gasteiger partial charge >= 0.3 is 17.6 Å². The molecule has 39 heavy (non-hydrogen) atoms. The topological polar surface area (TPSA) is 114 Å². The van der Waals surface area contributed by atoms with Crippen molar-refractivity contribution >= 4 is 11.9 Å². The van der Waals surface area contributed by atoms with Gasteiger partial charge in [0, 0.05) is 24.3 Å². The van der Waals surface area contributed by atoms with Gasteiger partial charge in [-0.2, -0.15) is 0 Å². The largest absolute Gasteiger partial charge is 0.481 e. The molecule has 1 heterocycles. The summed E-state index contributed by atoms with van der Waals surface area (Å²) in [5, 5.41) is 21.1. The van der Waals surface area contributed by atoms with E-state index in [-0.39, 0.29) is 46.8 Å². The maximum absolute atomic E-state index is 12.5. The van der Waals surface area contributed by atoms with Crippen LogP contribution in [0.1, 0.15) is 115 Å². The van der Waals surface area contributed by atoms with E-state index in [4.69, 9.17) is 14.3 Å². The quantitative estimate of drug-likeness (QED) is 0.220. The van der Waals surface area contributed by atoms with Crippen LogP contribution in [0.5, 0.6) is 0 Å². The number of ether oxygens (including phenoxy) is 1. The molecule has 3 saturated carbocycles. The predicted octanol–water partition coefficient (Wildman–Crippen LogP) is 6.14. The number of esters is 1. The number of aliphatic hydroxyl groups is 1. The van der Waals surface area contributed by atoms with Crippen LogP contribution in [0.4, 0.5) is 0 Å². The molecule has 4 aliphatic rings. The van der Waals surface area contributed by atoms with E-state index in [1.165, 1.54) is 11.6 Å². The van der Waals surface area contributed by atoms with Gasteiger partial charge in [-0.25, -0.2) is 4.79 Å². The van der Waals surface area contributed by atoms with Crippen molar-refractivity contribution in [2.24, 2.45) is 22.7 Å². The Morgan fingerprint density at radius 2 is 1.74 bits per heavy atom. The minimum Gasteiger partial charge on any atom is -0.481 e. The number of rotatable bonds is 9. The van der Waals surface area contributed by atoms with Crippen LogP contribution in [0, 0.1) is 22.7 Å². The minimum absolute atomic E-state index is 0.0185. The summed E-state index contributed by atoms with van der Waals surface area (Å²) in [6.45, 7) is 4.62. The number of unbranched alkanes of at least 4 members (excludes halogenated alkanes) is 3. The molecule has 0 aromatic carbocycles. The first-order valence-corrected chi connectivity index (χ1v) is 15.0. The zero-order valence-electron chi connectivity index (χ0n) is 23.5. The third-order valence-corrected chi connectivity index (χ3v) is 11.2. The molecule has 1 aromatic heterocycles. The van der Waals surface area contributed by atoms with E-state index in [1.807, 2.05) is 6.07 Å². The first-order valence-electron chi connectivity index (χ1n) is 15.0. The molecule has 0 bridgehead atoms. The van der Waals surface area contributed by atoms with Crippen molar-refractivity contribution in [3.63, 3.8) is 0 Å². The van der Waals surface area contributed by atoms with Crippen molar-refractivity contribution < 1.29 is 29.0 Å². The summed E-state index contributed by atoms with van der Waals surface area (Å²) in [6, 6.07) is 3.37. The molecular weight excluding hydrogens is 496 g/mol. The predicted molar refractivity (Wildman–Crippen MR) is 146 cm³/mol. The monoisotopic (exact) mass is 540 g/mol. The summed E-state index contributed by atoms with van der Waals surface area (Å²) in [7, 11) is 0. The van der Waals surface area contributed by atoms with Gasteiger partial charge in [-0.3, -0.25) is 9.59 Å². The molecule has 0 saturated heterocycles. The van der Waals surface area contributed by atoms with E-state index in [1.54, 1.807) is 6.26 Å². The van der Waals surface area contributed by atoms with Gasteiger partial charge in [0.2, 0.25) is 0 Å². The molecule has 1 aromatic rings. The molecule has 4 aliphatic carbocycles. The number of allylic oxidation sites excluding steroid dienone is 1. The van der Waals surface area contributed by atoms with E-state index in [9.17, 15) is 19.5 Å². The standard InChI is InChI=1S/C32H44O7/c1-30-16-13-23(39-29(36)8-6-4-3-5-7-27(33)34)19-22(30)10-11-26-25(30)14-17-31(2)24(15-18-32(26,31)37)21-9-12-28(35)38-20-21/h9,12,19-20,23-26,37H,3-8,10-11,13-18H2,1-2H3,(H,33,34)/t23-,24+,25?,26?,30-,31+,32-/m0/s1. The Labute approximate surface area is 231 Å². The summed E-state index contributed by atoms with van der Waals surface area (Å²) in [5.74, 6) is -0.105. The van der Waals surface area contributed by atoms with Crippen LogP contribution in [0.15, 0.2) is 39.3 Å². The average Bonchev–Trinajstić information content (AvgIpc) is 3.18. The number of hydrogen-bond donors (Lipinski definition) is 2. The van der Waals surface area contributed by atoms with Crippen molar-refractivity contribution in [3.8, 4) is 0 Å². The fraction of sp³-hybridized carbons (Fsp3) is 0.719. The van der Waals surface area contributed by atoms with Crippen LogP contribution in [0.3, 0.4) is 0 Å². The number of aliphatic carboxylic acids is 1. The molecule has 0 spiro atoms. The van der Waals surface area contributed by atoms with Crippen molar-refractivity contribution in [2.75, 3.05) is 0 Å². The van der Waals surface area contributed by atoms with Crippen molar-refractivity contribution in [2.45, 2.75) is 121 Å². The highest BCUT2D eigenvalue weighted by Gasteiger charge is 2.66. The molecule has 214 valence electrons. The van der Waals surface area contributed by atoms with Gasteiger partial charge in [-0.15, -0.1) is 0 Å². The van der Waals surface area contributed by atoms with E-state index in [2.05, 4.69) is 19.9 Å². The van der Waals surface area contributed by atoms with E-state index >= 15 is 0 Å². The molecule has 7 atom stereocenters. The number of carbonyl (C=O) groups is 2. The highest BCUT2D eigenvalue weighted by atomic mass is 16.5. The highest BCUT2D eigenvalue weighted by molar-refractivity contribution is 5.69. The number of fused-ring (bicyclic) bond motifs is 5. The Kier molecular flexibility index (Phi) is 7.84. The third kappa shape index (κ3) is 5.12. The summed E-state index contributed by atoms with van der Waals surface area (Å²) in [5.41, 5.74) is 1.12.